The van der Waals surface area contributed by atoms with Crippen LogP contribution in [-0.4, -0.2) is 35.7 Å². The third kappa shape index (κ3) is 5.37. The van der Waals surface area contributed by atoms with E-state index in [0.29, 0.717) is 6.42 Å². The van der Waals surface area contributed by atoms with E-state index in [1.54, 1.807) is 20.8 Å². The van der Waals surface area contributed by atoms with Crippen LogP contribution < -0.4 is 5.32 Å². The second-order valence-electron chi connectivity index (χ2n) is 4.05. The molecule has 5 nitrogen and oxygen atoms in total. The van der Waals surface area contributed by atoms with Gasteiger partial charge in [0.2, 0.25) is 5.91 Å². The maximum absolute atomic E-state index is 11.4. The molecule has 0 heterocycles. The summed E-state index contributed by atoms with van der Waals surface area (Å²) in [5.41, 5.74) is -1.02. The van der Waals surface area contributed by atoms with Gasteiger partial charge < -0.3 is 15.2 Å². The number of ether oxygens (including phenoxy) is 1. The molecule has 0 aliphatic rings. The predicted octanol–water partition coefficient (Wildman–Crippen LogP) is 0.215. The van der Waals surface area contributed by atoms with Crippen molar-refractivity contribution in [2.24, 2.45) is 0 Å². The quantitative estimate of drug-likeness (QED) is 0.646. The molecule has 0 bridgehead atoms. The molecule has 0 aliphatic heterocycles. The van der Waals surface area contributed by atoms with Crippen LogP contribution in [0, 0.1) is 0 Å². The predicted molar refractivity (Wildman–Crippen MR) is 55.2 cm³/mol. The van der Waals surface area contributed by atoms with Gasteiger partial charge in [-0.05, 0) is 27.2 Å². The lowest BCUT2D eigenvalue weighted by Crippen LogP contribution is -2.50. The van der Waals surface area contributed by atoms with E-state index in [2.05, 4.69) is 10.1 Å². The van der Waals surface area contributed by atoms with Gasteiger partial charge in [0.25, 0.3) is 0 Å². The second-order valence-corrected chi connectivity index (χ2v) is 4.05. The highest BCUT2D eigenvalue weighted by Crippen LogP contribution is 2.06. The highest BCUT2D eigenvalue weighted by molar-refractivity contribution is 5.87. The van der Waals surface area contributed by atoms with Crippen LogP contribution in [0.3, 0.4) is 0 Å². The normalized spacial score (nSPS) is 13.1. The van der Waals surface area contributed by atoms with Crippen molar-refractivity contribution in [1.29, 1.82) is 0 Å². The summed E-state index contributed by atoms with van der Waals surface area (Å²) in [6, 6.07) is 0. The minimum Gasteiger partial charge on any atom is -0.467 e. The smallest absolute Gasteiger partial charge is 0.330 e. The van der Waals surface area contributed by atoms with Crippen LogP contribution in [0.15, 0.2) is 0 Å². The molecule has 5 heteroatoms. The maximum atomic E-state index is 11.4. The van der Waals surface area contributed by atoms with Gasteiger partial charge in [0.1, 0.15) is 5.54 Å². The van der Waals surface area contributed by atoms with Crippen molar-refractivity contribution >= 4 is 11.9 Å². The number of carbonyl (C=O) groups excluding carboxylic acids is 2. The number of aliphatic hydroxyl groups excluding tert-OH is 1. The number of amides is 1. The van der Waals surface area contributed by atoms with Crippen molar-refractivity contribution in [3.05, 3.63) is 0 Å². The molecule has 0 aromatic rings. The monoisotopic (exact) mass is 217 g/mol. The van der Waals surface area contributed by atoms with Crippen molar-refractivity contribution in [1.82, 2.24) is 5.32 Å². The van der Waals surface area contributed by atoms with E-state index >= 15 is 0 Å². The number of esters is 1. The Hall–Kier alpha value is -1.10. The van der Waals surface area contributed by atoms with Crippen molar-refractivity contribution in [2.45, 2.75) is 45.3 Å². The van der Waals surface area contributed by atoms with Crippen LogP contribution in [0.5, 0.6) is 0 Å². The molecule has 1 amide bonds. The summed E-state index contributed by atoms with van der Waals surface area (Å²) >= 11 is 0. The fraction of sp³-hybridized carbons (Fsp3) is 0.800. The fourth-order valence-electron chi connectivity index (χ4n) is 1.06. The van der Waals surface area contributed by atoms with Gasteiger partial charge in [-0.2, -0.15) is 0 Å². The number of hydrogen-bond donors (Lipinski definition) is 2. The van der Waals surface area contributed by atoms with Gasteiger partial charge in [-0.15, -0.1) is 0 Å². The van der Waals surface area contributed by atoms with E-state index in [0.717, 1.165) is 0 Å². The van der Waals surface area contributed by atoms with Crippen molar-refractivity contribution < 1.29 is 19.4 Å². The van der Waals surface area contributed by atoms with Crippen LogP contribution >= 0.6 is 0 Å². The van der Waals surface area contributed by atoms with Gasteiger partial charge in [0.15, 0.2) is 0 Å². The summed E-state index contributed by atoms with van der Waals surface area (Å²) in [7, 11) is 1.27. The first-order valence-electron chi connectivity index (χ1n) is 4.87. The molecule has 15 heavy (non-hydrogen) atoms. The largest absolute Gasteiger partial charge is 0.467 e. The number of carbonyl (C=O) groups is 2. The Balaban J connectivity index is 4.10. The molecular weight excluding hydrogens is 198 g/mol. The average molecular weight is 217 g/mol. The zero-order valence-electron chi connectivity index (χ0n) is 9.66. The maximum Gasteiger partial charge on any atom is 0.330 e. The van der Waals surface area contributed by atoms with E-state index in [1.165, 1.54) is 7.11 Å². The van der Waals surface area contributed by atoms with E-state index < -0.39 is 17.6 Å². The number of aliphatic hydroxyl groups is 1. The Bertz CT molecular complexity index is 236. The van der Waals surface area contributed by atoms with E-state index in [-0.39, 0.29) is 12.3 Å². The highest BCUT2D eigenvalue weighted by atomic mass is 16.5. The van der Waals surface area contributed by atoms with Crippen molar-refractivity contribution in [3.63, 3.8) is 0 Å². The summed E-state index contributed by atoms with van der Waals surface area (Å²) in [6.07, 6.45) is 0.0539. The standard InChI is InChI=1S/C10H19NO4/c1-7(12)5-6-8(13)11-10(2,3)9(14)15-4/h7,12H,5-6H2,1-4H3,(H,11,13). The summed E-state index contributed by atoms with van der Waals surface area (Å²) in [4.78, 5) is 22.6. The first-order valence-corrected chi connectivity index (χ1v) is 4.87. The number of hydrogen-bond acceptors (Lipinski definition) is 4. The van der Waals surface area contributed by atoms with Gasteiger partial charge in [-0.3, -0.25) is 4.79 Å². The molecule has 0 aromatic carbocycles. The molecule has 0 saturated carbocycles. The first-order chi connectivity index (χ1) is 6.79. The Labute approximate surface area is 89.8 Å². The van der Waals surface area contributed by atoms with Gasteiger partial charge in [-0.1, -0.05) is 0 Å². The summed E-state index contributed by atoms with van der Waals surface area (Å²) in [5.74, 6) is -0.765. The number of rotatable bonds is 5. The summed E-state index contributed by atoms with van der Waals surface area (Å²) in [5, 5.41) is 11.5. The van der Waals surface area contributed by atoms with Crippen molar-refractivity contribution in [2.75, 3.05) is 7.11 Å². The molecule has 0 aromatic heterocycles. The molecule has 0 aliphatic carbocycles. The molecule has 88 valence electrons. The molecule has 1 atom stereocenters. The average Bonchev–Trinajstić information content (AvgIpc) is 2.12. The van der Waals surface area contributed by atoms with E-state index in [4.69, 9.17) is 5.11 Å². The Kier molecular flexibility index (Phi) is 5.28. The molecule has 2 N–H and O–H groups in total. The Morgan fingerprint density at radius 3 is 2.40 bits per heavy atom. The molecule has 1 unspecified atom stereocenters. The van der Waals surface area contributed by atoms with Crippen LogP contribution in [0.4, 0.5) is 0 Å². The molecule has 0 spiro atoms. The van der Waals surface area contributed by atoms with E-state index in [9.17, 15) is 9.59 Å². The SMILES string of the molecule is COC(=O)C(C)(C)NC(=O)CCC(C)O. The molecule has 0 rings (SSSR count). The number of methoxy groups -OCH3 is 1. The lowest BCUT2D eigenvalue weighted by Gasteiger charge is -2.23. The van der Waals surface area contributed by atoms with Crippen molar-refractivity contribution in [3.8, 4) is 0 Å². The second kappa shape index (κ2) is 5.70. The van der Waals surface area contributed by atoms with Crippen LogP contribution in [-0.2, 0) is 14.3 Å². The third-order valence-corrected chi connectivity index (χ3v) is 1.94. The molecule has 0 radical (unpaired) electrons. The minimum absolute atomic E-state index is 0.193. The van der Waals surface area contributed by atoms with Gasteiger partial charge in [0, 0.05) is 6.42 Å². The Morgan fingerprint density at radius 1 is 1.47 bits per heavy atom. The van der Waals surface area contributed by atoms with E-state index in [1.807, 2.05) is 0 Å². The fourth-order valence-corrected chi connectivity index (χ4v) is 1.06. The first kappa shape index (κ1) is 13.9. The van der Waals surface area contributed by atoms with Gasteiger partial charge in [0.05, 0.1) is 13.2 Å². The molecular formula is C10H19NO4. The lowest BCUT2D eigenvalue weighted by molar-refractivity contribution is -0.149. The zero-order valence-corrected chi connectivity index (χ0v) is 9.66. The van der Waals surface area contributed by atoms with Crippen LogP contribution in [0.1, 0.15) is 33.6 Å². The number of nitrogens with one attached hydrogen (secondary N) is 1. The van der Waals surface area contributed by atoms with Gasteiger partial charge >= 0.3 is 5.97 Å². The van der Waals surface area contributed by atoms with Crippen LogP contribution in [0.25, 0.3) is 0 Å². The molecule has 0 saturated heterocycles. The topological polar surface area (TPSA) is 75.6 Å². The van der Waals surface area contributed by atoms with Crippen LogP contribution in [0.2, 0.25) is 0 Å². The zero-order chi connectivity index (χ0) is 12.1. The third-order valence-electron chi connectivity index (χ3n) is 1.94. The Morgan fingerprint density at radius 2 is 2.00 bits per heavy atom. The summed E-state index contributed by atoms with van der Waals surface area (Å²) < 4.78 is 4.54. The lowest BCUT2D eigenvalue weighted by atomic mass is 10.1. The highest BCUT2D eigenvalue weighted by Gasteiger charge is 2.30. The minimum atomic E-state index is -1.02. The van der Waals surface area contributed by atoms with Gasteiger partial charge in [-0.25, -0.2) is 4.79 Å². The summed E-state index contributed by atoms with van der Waals surface area (Å²) in [6.45, 7) is 4.75. The molecule has 0 fully saturated rings.